The molecule has 1 amide bonds. The van der Waals surface area contributed by atoms with Crippen LogP contribution in [0.15, 0.2) is 81.0 Å². The maximum Gasteiger partial charge on any atom is 0.339 e. The molecule has 0 atom stereocenters. The molecular weight excluding hydrogens is 570 g/mol. The Labute approximate surface area is 222 Å². The highest BCUT2D eigenvalue weighted by atomic mass is 79.9. The summed E-state index contributed by atoms with van der Waals surface area (Å²) in [6.07, 6.45) is 1.69. The molecule has 1 aliphatic rings. The van der Waals surface area contributed by atoms with Crippen LogP contribution in [0.2, 0.25) is 0 Å². The third kappa shape index (κ3) is 5.78. The summed E-state index contributed by atoms with van der Waals surface area (Å²) in [5.41, 5.74) is 2.53. The SMILES string of the molecule is COc1cc(C=C2SC(=S)N(Cc3ccccc3)C2=O)cc(Br)c1OS(=O)(=O)c1ccc(C)cc1. The molecule has 6 nitrogen and oxygen atoms in total. The number of thioether (sulfide) groups is 1. The summed E-state index contributed by atoms with van der Waals surface area (Å²) in [4.78, 5) is 15.0. The number of thiocarbonyl (C=S) groups is 1. The van der Waals surface area contributed by atoms with Crippen molar-refractivity contribution in [1.29, 1.82) is 0 Å². The third-order valence-electron chi connectivity index (χ3n) is 5.11. The van der Waals surface area contributed by atoms with Gasteiger partial charge in [0.25, 0.3) is 5.91 Å². The van der Waals surface area contributed by atoms with Gasteiger partial charge in [-0.15, -0.1) is 0 Å². The van der Waals surface area contributed by atoms with Crippen molar-refractivity contribution in [2.45, 2.75) is 18.4 Å². The first-order chi connectivity index (χ1) is 16.7. The van der Waals surface area contributed by atoms with Gasteiger partial charge < -0.3 is 8.92 Å². The summed E-state index contributed by atoms with van der Waals surface area (Å²) in [5.74, 6) is 0.0177. The minimum absolute atomic E-state index is 0.0156. The Kier molecular flexibility index (Phi) is 7.65. The topological polar surface area (TPSA) is 72.9 Å². The number of amides is 1. The number of aryl methyl sites for hydroxylation is 1. The Balaban J connectivity index is 1.60. The highest BCUT2D eigenvalue weighted by Crippen LogP contribution is 2.40. The Morgan fingerprint density at radius 2 is 1.77 bits per heavy atom. The van der Waals surface area contributed by atoms with Crippen LogP contribution in [-0.4, -0.2) is 30.7 Å². The van der Waals surface area contributed by atoms with Crippen molar-refractivity contribution in [3.8, 4) is 11.5 Å². The van der Waals surface area contributed by atoms with E-state index >= 15 is 0 Å². The van der Waals surface area contributed by atoms with Crippen LogP contribution in [0.4, 0.5) is 0 Å². The van der Waals surface area contributed by atoms with Gasteiger partial charge in [0.05, 0.1) is 23.0 Å². The fraction of sp³-hybridized carbons (Fsp3) is 0.120. The van der Waals surface area contributed by atoms with Gasteiger partial charge in [0.1, 0.15) is 9.22 Å². The van der Waals surface area contributed by atoms with Crippen LogP contribution in [0.1, 0.15) is 16.7 Å². The van der Waals surface area contributed by atoms with Crippen molar-refractivity contribution in [2.24, 2.45) is 0 Å². The normalized spacial score (nSPS) is 15.1. The van der Waals surface area contributed by atoms with E-state index in [1.807, 2.05) is 37.3 Å². The first-order valence-electron chi connectivity index (χ1n) is 10.4. The second-order valence-electron chi connectivity index (χ2n) is 7.64. The molecule has 1 aliphatic heterocycles. The predicted octanol–water partition coefficient (Wildman–Crippen LogP) is 5.94. The van der Waals surface area contributed by atoms with E-state index in [2.05, 4.69) is 15.9 Å². The molecule has 0 N–H and O–H groups in total. The van der Waals surface area contributed by atoms with E-state index in [4.69, 9.17) is 21.1 Å². The average molecular weight is 591 g/mol. The average Bonchev–Trinajstić information content (AvgIpc) is 3.08. The van der Waals surface area contributed by atoms with Crippen molar-refractivity contribution >= 4 is 66.3 Å². The Morgan fingerprint density at radius 3 is 2.43 bits per heavy atom. The minimum Gasteiger partial charge on any atom is -0.493 e. The number of methoxy groups -OCH3 is 1. The highest BCUT2D eigenvalue weighted by Gasteiger charge is 2.32. The van der Waals surface area contributed by atoms with Crippen molar-refractivity contribution < 1.29 is 22.1 Å². The second kappa shape index (κ2) is 10.5. The van der Waals surface area contributed by atoms with Crippen LogP contribution in [0.25, 0.3) is 6.08 Å². The van der Waals surface area contributed by atoms with Crippen molar-refractivity contribution in [3.05, 3.63) is 92.8 Å². The van der Waals surface area contributed by atoms with Gasteiger partial charge in [-0.2, -0.15) is 8.42 Å². The Morgan fingerprint density at radius 1 is 1.09 bits per heavy atom. The summed E-state index contributed by atoms with van der Waals surface area (Å²) < 4.78 is 37.2. The zero-order chi connectivity index (χ0) is 25.2. The monoisotopic (exact) mass is 589 g/mol. The molecule has 1 fully saturated rings. The van der Waals surface area contributed by atoms with Crippen molar-refractivity contribution in [2.75, 3.05) is 7.11 Å². The Bertz CT molecular complexity index is 1420. The third-order valence-corrected chi connectivity index (χ3v) is 8.31. The molecule has 4 rings (SSSR count). The molecule has 1 heterocycles. The van der Waals surface area contributed by atoms with Gasteiger partial charge in [0.2, 0.25) is 0 Å². The minimum atomic E-state index is -4.08. The van der Waals surface area contributed by atoms with Gasteiger partial charge in [-0.1, -0.05) is 72.0 Å². The van der Waals surface area contributed by atoms with E-state index in [1.54, 1.807) is 35.2 Å². The lowest BCUT2D eigenvalue weighted by Crippen LogP contribution is -2.27. The number of carbonyl (C=O) groups excluding carboxylic acids is 1. The summed E-state index contributed by atoms with van der Waals surface area (Å²) in [6, 6.07) is 19.2. The fourth-order valence-electron chi connectivity index (χ4n) is 3.32. The number of carbonyl (C=O) groups is 1. The molecule has 3 aromatic rings. The van der Waals surface area contributed by atoms with Gasteiger partial charge in [0.15, 0.2) is 11.5 Å². The summed E-state index contributed by atoms with van der Waals surface area (Å²) in [6.45, 7) is 2.25. The molecule has 180 valence electrons. The molecule has 35 heavy (non-hydrogen) atoms. The highest BCUT2D eigenvalue weighted by molar-refractivity contribution is 9.10. The number of nitrogens with zero attached hydrogens (tertiary/aromatic N) is 1. The van der Waals surface area contributed by atoms with Gasteiger partial charge >= 0.3 is 10.1 Å². The molecule has 0 bridgehead atoms. The van der Waals surface area contributed by atoms with E-state index < -0.39 is 10.1 Å². The van der Waals surface area contributed by atoms with E-state index in [0.29, 0.717) is 25.8 Å². The lowest BCUT2D eigenvalue weighted by Gasteiger charge is -2.14. The number of ether oxygens (including phenoxy) is 1. The van der Waals surface area contributed by atoms with Crippen molar-refractivity contribution in [3.63, 3.8) is 0 Å². The molecule has 0 unspecified atom stereocenters. The number of rotatable bonds is 7. The maximum atomic E-state index is 13.0. The number of hydrogen-bond donors (Lipinski definition) is 0. The smallest absolute Gasteiger partial charge is 0.339 e. The largest absolute Gasteiger partial charge is 0.493 e. The van der Waals surface area contributed by atoms with E-state index in [0.717, 1.165) is 11.1 Å². The van der Waals surface area contributed by atoms with Crippen LogP contribution < -0.4 is 8.92 Å². The van der Waals surface area contributed by atoms with E-state index in [1.165, 1.54) is 31.0 Å². The zero-order valence-electron chi connectivity index (χ0n) is 18.7. The first-order valence-corrected chi connectivity index (χ1v) is 13.8. The number of halogens is 1. The summed E-state index contributed by atoms with van der Waals surface area (Å²) >= 11 is 10.0. The lowest BCUT2D eigenvalue weighted by molar-refractivity contribution is -0.122. The second-order valence-corrected chi connectivity index (χ2v) is 11.7. The quantitative estimate of drug-likeness (QED) is 0.192. The van der Waals surface area contributed by atoms with Crippen LogP contribution in [0.3, 0.4) is 0 Å². The predicted molar refractivity (Wildman–Crippen MR) is 145 cm³/mol. The molecule has 3 aromatic carbocycles. The molecule has 0 spiro atoms. The molecule has 10 heteroatoms. The molecule has 0 radical (unpaired) electrons. The van der Waals surface area contributed by atoms with Crippen LogP contribution in [-0.2, 0) is 21.5 Å². The fourth-order valence-corrected chi connectivity index (χ4v) is 6.18. The number of benzene rings is 3. The van der Waals surface area contributed by atoms with Crippen LogP contribution in [0, 0.1) is 6.92 Å². The lowest BCUT2D eigenvalue weighted by atomic mass is 10.1. The van der Waals surface area contributed by atoms with Crippen LogP contribution in [0.5, 0.6) is 11.5 Å². The maximum absolute atomic E-state index is 13.0. The van der Waals surface area contributed by atoms with Crippen molar-refractivity contribution in [1.82, 2.24) is 4.90 Å². The molecule has 0 saturated carbocycles. The molecule has 1 saturated heterocycles. The standard InChI is InChI=1S/C25H20BrNO5S3/c1-16-8-10-19(11-9-16)35(29,30)32-23-20(26)12-18(13-21(23)31-2)14-22-24(28)27(25(33)34-22)15-17-6-4-3-5-7-17/h3-14H,15H2,1-2H3. The van der Waals surface area contributed by atoms with Crippen LogP contribution >= 0.6 is 39.9 Å². The Hall–Kier alpha value is -2.66. The summed E-state index contributed by atoms with van der Waals surface area (Å²) in [5, 5.41) is 0. The number of hydrogen-bond acceptors (Lipinski definition) is 7. The summed E-state index contributed by atoms with van der Waals surface area (Å²) in [7, 11) is -2.67. The van der Waals surface area contributed by atoms with Gasteiger partial charge in [-0.3, -0.25) is 9.69 Å². The van der Waals surface area contributed by atoms with Gasteiger partial charge in [-0.25, -0.2) is 0 Å². The molecule has 0 aliphatic carbocycles. The van der Waals surface area contributed by atoms with Gasteiger partial charge in [-0.05, 0) is 64.3 Å². The van der Waals surface area contributed by atoms with E-state index in [9.17, 15) is 13.2 Å². The van der Waals surface area contributed by atoms with E-state index in [-0.39, 0.29) is 22.3 Å². The first kappa shape index (κ1) is 25.4. The zero-order valence-corrected chi connectivity index (χ0v) is 22.8. The van der Waals surface area contributed by atoms with Gasteiger partial charge in [0, 0.05) is 0 Å². The molecule has 0 aromatic heterocycles. The molecular formula is C25H20BrNO5S3.